The minimum atomic E-state index is -0.245. The molecule has 0 bridgehead atoms. The Morgan fingerprint density at radius 2 is 2.00 bits per heavy atom. The fraction of sp³-hybridized carbons (Fsp3) is 1.00. The molecule has 0 aliphatic heterocycles. The van der Waals surface area contributed by atoms with E-state index in [9.17, 15) is 0 Å². The van der Waals surface area contributed by atoms with Crippen molar-refractivity contribution in [3.8, 4) is 0 Å². The van der Waals surface area contributed by atoms with Gasteiger partial charge in [0.1, 0.15) is 0 Å². The van der Waals surface area contributed by atoms with Crippen molar-refractivity contribution in [2.75, 3.05) is 13.2 Å². The van der Waals surface area contributed by atoms with Gasteiger partial charge in [0.2, 0.25) is 0 Å². The van der Waals surface area contributed by atoms with Crippen molar-refractivity contribution in [1.82, 2.24) is 0 Å². The summed E-state index contributed by atoms with van der Waals surface area (Å²) in [6.07, 6.45) is 0.483. The molecule has 0 aliphatic carbocycles. The Labute approximate surface area is 42.8 Å². The number of aliphatic hydroxyl groups is 2. The smallest absolute Gasteiger partial charge is 0.0583 e. The lowest BCUT2D eigenvalue weighted by molar-refractivity contribution is 0.221. The number of hydrogen-bond donors (Lipinski definition) is 3. The van der Waals surface area contributed by atoms with Crippen LogP contribution in [0.5, 0.6) is 0 Å². The maximum atomic E-state index is 8.23. The molecule has 4 N–H and O–H groups in total. The van der Waals surface area contributed by atoms with Gasteiger partial charge in [-0.1, -0.05) is 0 Å². The maximum Gasteiger partial charge on any atom is 0.0583 e. The molecule has 3 heteroatoms. The van der Waals surface area contributed by atoms with Crippen molar-refractivity contribution in [2.45, 2.75) is 12.5 Å². The molecule has 7 heavy (non-hydrogen) atoms. The summed E-state index contributed by atoms with van der Waals surface area (Å²) in [5.41, 5.74) is 5.17. The van der Waals surface area contributed by atoms with Crippen LogP contribution in [-0.2, 0) is 0 Å². The van der Waals surface area contributed by atoms with Gasteiger partial charge in [-0.3, -0.25) is 0 Å². The molecule has 1 atom stereocenters. The predicted octanol–water partition coefficient (Wildman–Crippen LogP) is -1.31. The highest BCUT2D eigenvalue weighted by atomic mass is 16.3. The van der Waals surface area contributed by atoms with Crippen LogP contribution in [0.2, 0.25) is 0 Å². The minimum Gasteiger partial charge on any atom is -0.396 e. The van der Waals surface area contributed by atoms with E-state index in [-0.39, 0.29) is 19.3 Å². The average Bonchev–Trinajstić information content (AvgIpc) is 1.68. The maximum absolute atomic E-state index is 8.23. The summed E-state index contributed by atoms with van der Waals surface area (Å²) in [7, 11) is 0. The third-order valence-corrected chi connectivity index (χ3v) is 0.734. The molecule has 0 rings (SSSR count). The highest BCUT2D eigenvalue weighted by molar-refractivity contribution is 4.55. The van der Waals surface area contributed by atoms with Gasteiger partial charge in [-0.15, -0.1) is 0 Å². The average molecular weight is 105 g/mol. The van der Waals surface area contributed by atoms with E-state index >= 15 is 0 Å². The van der Waals surface area contributed by atoms with Crippen molar-refractivity contribution in [3.05, 3.63) is 0 Å². The number of rotatable bonds is 3. The fourth-order valence-electron chi connectivity index (χ4n) is 0.257. The van der Waals surface area contributed by atoms with Crippen LogP contribution >= 0.6 is 0 Å². The number of hydrogen-bond acceptors (Lipinski definition) is 3. The van der Waals surface area contributed by atoms with E-state index in [2.05, 4.69) is 0 Å². The molecule has 3 nitrogen and oxygen atoms in total. The molecule has 0 aromatic carbocycles. The zero-order valence-corrected chi connectivity index (χ0v) is 4.17. The third kappa shape index (κ3) is 3.72. The van der Waals surface area contributed by atoms with Crippen LogP contribution in [0.25, 0.3) is 0 Å². The Morgan fingerprint density at radius 3 is 2.14 bits per heavy atom. The summed E-state index contributed by atoms with van der Waals surface area (Å²) in [6.45, 7) is 0.0162. The first-order valence-corrected chi connectivity index (χ1v) is 2.28. The van der Waals surface area contributed by atoms with Crippen LogP contribution in [0.1, 0.15) is 6.42 Å². The van der Waals surface area contributed by atoms with E-state index in [1.807, 2.05) is 0 Å². The summed E-state index contributed by atoms with van der Waals surface area (Å²) in [5, 5.41) is 16.4. The standard InChI is InChI=1S/C4H11NO2/c5-4(3-7)1-2-6/h4,6-7H,1-3,5H2. The van der Waals surface area contributed by atoms with Crippen LogP contribution in [0.4, 0.5) is 0 Å². The zero-order valence-electron chi connectivity index (χ0n) is 4.17. The van der Waals surface area contributed by atoms with Gasteiger partial charge in [0.05, 0.1) is 6.61 Å². The SMILES string of the molecule is NC(CO)CCO. The second kappa shape index (κ2) is 4.05. The molecule has 44 valence electrons. The molecule has 0 aromatic rings. The molecule has 0 heterocycles. The van der Waals surface area contributed by atoms with Gasteiger partial charge in [0, 0.05) is 12.6 Å². The molecular weight excluding hydrogens is 94.0 g/mol. The molecular formula is C4H11NO2. The monoisotopic (exact) mass is 105 g/mol. The predicted molar refractivity (Wildman–Crippen MR) is 26.8 cm³/mol. The second-order valence-corrected chi connectivity index (χ2v) is 1.45. The van der Waals surface area contributed by atoms with Gasteiger partial charge >= 0.3 is 0 Å². The summed E-state index contributed by atoms with van der Waals surface area (Å²) in [6, 6.07) is -0.245. The Kier molecular flexibility index (Phi) is 3.98. The van der Waals surface area contributed by atoms with Crippen LogP contribution in [0, 0.1) is 0 Å². The first-order chi connectivity index (χ1) is 3.31. The van der Waals surface area contributed by atoms with Crippen LogP contribution in [0.3, 0.4) is 0 Å². The van der Waals surface area contributed by atoms with E-state index in [1.165, 1.54) is 0 Å². The first kappa shape index (κ1) is 6.88. The largest absolute Gasteiger partial charge is 0.396 e. The summed E-state index contributed by atoms with van der Waals surface area (Å²) in [5.74, 6) is 0. The molecule has 0 saturated carbocycles. The lowest BCUT2D eigenvalue weighted by atomic mass is 10.2. The highest BCUT2D eigenvalue weighted by Gasteiger charge is 1.95. The number of nitrogens with two attached hydrogens (primary N) is 1. The van der Waals surface area contributed by atoms with E-state index in [1.54, 1.807) is 0 Å². The third-order valence-electron chi connectivity index (χ3n) is 0.734. The van der Waals surface area contributed by atoms with Crippen molar-refractivity contribution >= 4 is 0 Å². The van der Waals surface area contributed by atoms with E-state index < -0.39 is 0 Å². The topological polar surface area (TPSA) is 66.5 Å². The van der Waals surface area contributed by atoms with Gasteiger partial charge in [0.25, 0.3) is 0 Å². The molecule has 0 radical (unpaired) electrons. The quantitative estimate of drug-likeness (QED) is 0.417. The lowest BCUT2D eigenvalue weighted by Gasteiger charge is -2.01. The molecule has 0 saturated heterocycles. The highest BCUT2D eigenvalue weighted by Crippen LogP contribution is 1.80. The number of aliphatic hydroxyl groups excluding tert-OH is 2. The Bertz CT molecular complexity index is 40.7. The first-order valence-electron chi connectivity index (χ1n) is 2.28. The zero-order chi connectivity index (χ0) is 5.70. The van der Waals surface area contributed by atoms with Crippen LogP contribution < -0.4 is 5.73 Å². The molecule has 0 amide bonds. The summed E-state index contributed by atoms with van der Waals surface area (Å²) >= 11 is 0. The van der Waals surface area contributed by atoms with Crippen molar-refractivity contribution in [3.63, 3.8) is 0 Å². The normalized spacial score (nSPS) is 14.1. The van der Waals surface area contributed by atoms with Gasteiger partial charge in [-0.25, -0.2) is 0 Å². The van der Waals surface area contributed by atoms with Crippen LogP contribution in [0.15, 0.2) is 0 Å². The second-order valence-electron chi connectivity index (χ2n) is 1.45. The van der Waals surface area contributed by atoms with Crippen molar-refractivity contribution in [2.24, 2.45) is 5.73 Å². The Hall–Kier alpha value is -0.120. The van der Waals surface area contributed by atoms with Gasteiger partial charge in [-0.05, 0) is 6.42 Å². The van der Waals surface area contributed by atoms with Gasteiger partial charge in [-0.2, -0.15) is 0 Å². The molecule has 0 spiro atoms. The molecule has 1 unspecified atom stereocenters. The minimum absolute atomic E-state index is 0.0411. The van der Waals surface area contributed by atoms with Crippen LogP contribution in [-0.4, -0.2) is 29.5 Å². The van der Waals surface area contributed by atoms with Gasteiger partial charge in [0.15, 0.2) is 0 Å². The van der Waals surface area contributed by atoms with E-state index in [0.717, 1.165) is 0 Å². The summed E-state index contributed by atoms with van der Waals surface area (Å²) < 4.78 is 0. The molecule has 0 aromatic heterocycles. The van der Waals surface area contributed by atoms with Crippen molar-refractivity contribution in [1.29, 1.82) is 0 Å². The van der Waals surface area contributed by atoms with E-state index in [0.29, 0.717) is 6.42 Å². The fourth-order valence-corrected chi connectivity index (χ4v) is 0.257. The molecule has 0 aliphatic rings. The van der Waals surface area contributed by atoms with E-state index in [4.69, 9.17) is 15.9 Å². The van der Waals surface area contributed by atoms with Gasteiger partial charge < -0.3 is 15.9 Å². The summed E-state index contributed by atoms with van der Waals surface area (Å²) in [4.78, 5) is 0. The lowest BCUT2D eigenvalue weighted by Crippen LogP contribution is -2.25. The Balaban J connectivity index is 2.83. The van der Waals surface area contributed by atoms with Crippen molar-refractivity contribution < 1.29 is 10.2 Å². The molecule has 0 fully saturated rings. The Morgan fingerprint density at radius 1 is 1.43 bits per heavy atom.